The summed E-state index contributed by atoms with van der Waals surface area (Å²) >= 11 is 0. The molecule has 3 aromatic rings. The summed E-state index contributed by atoms with van der Waals surface area (Å²) in [6.45, 7) is 19.0. The normalized spacial score (nSPS) is 13.2. The molecule has 1 aromatic heterocycles. The standard InChI is InChI=1S/C32H34N6/c1-7-12-23(8-2)30(33)29-31(34)36-19-37-32(29)35-18-25-17-24-14-11-13-21(5)28(24)22(6)38(25)27-16-10-9-15-26(27)20(3)4/h7-17,19-20,33H,1-2,6,18H2,3-5H3,(H3,34,35,36,37)/b23-12+,33-30?. The molecule has 0 unspecified atom stereocenters. The zero-order valence-corrected chi connectivity index (χ0v) is 22.3. The van der Waals surface area contributed by atoms with Gasteiger partial charge >= 0.3 is 0 Å². The average Bonchev–Trinajstić information content (AvgIpc) is 2.90. The van der Waals surface area contributed by atoms with Gasteiger partial charge in [-0.05, 0) is 47.2 Å². The van der Waals surface area contributed by atoms with E-state index in [4.69, 9.17) is 11.1 Å². The van der Waals surface area contributed by atoms with Crippen LogP contribution in [-0.2, 0) is 0 Å². The van der Waals surface area contributed by atoms with Crippen LogP contribution in [0.2, 0.25) is 0 Å². The number of allylic oxidation sites excluding steroid dienone is 4. The molecule has 0 saturated heterocycles. The van der Waals surface area contributed by atoms with Crippen molar-refractivity contribution in [3.05, 3.63) is 126 Å². The number of para-hydroxylation sites is 1. The highest BCUT2D eigenvalue weighted by Crippen LogP contribution is 2.41. The third kappa shape index (κ3) is 4.93. The minimum atomic E-state index is 0.172. The zero-order chi connectivity index (χ0) is 27.4. The van der Waals surface area contributed by atoms with Crippen LogP contribution < -0.4 is 16.0 Å². The van der Waals surface area contributed by atoms with Crippen molar-refractivity contribution >= 4 is 34.8 Å². The highest BCUT2D eigenvalue weighted by Gasteiger charge is 2.27. The van der Waals surface area contributed by atoms with Crippen LogP contribution in [0.25, 0.3) is 11.8 Å². The Balaban J connectivity index is 1.80. The summed E-state index contributed by atoms with van der Waals surface area (Å²) < 4.78 is 0. The number of nitrogens with zero attached hydrogens (tertiary/aromatic N) is 3. The van der Waals surface area contributed by atoms with E-state index >= 15 is 0 Å². The highest BCUT2D eigenvalue weighted by molar-refractivity contribution is 6.17. The molecule has 0 amide bonds. The third-order valence-electron chi connectivity index (χ3n) is 6.64. The van der Waals surface area contributed by atoms with E-state index in [2.05, 4.69) is 109 Å². The fraction of sp³-hybridized carbons (Fsp3) is 0.156. The van der Waals surface area contributed by atoms with Gasteiger partial charge in [0.25, 0.3) is 0 Å². The maximum atomic E-state index is 8.77. The number of aryl methyl sites for hydroxylation is 1. The lowest BCUT2D eigenvalue weighted by Crippen LogP contribution is -2.30. The molecule has 0 fully saturated rings. The SMILES string of the molecule is C=C/C=C(\C=C)C(=N)c1c(N)ncnc1NCC1=Cc2cccc(C)c2C(=C)N1c1ccccc1C(C)C. The molecule has 0 bridgehead atoms. The van der Waals surface area contributed by atoms with E-state index in [0.29, 0.717) is 29.4 Å². The van der Waals surface area contributed by atoms with Gasteiger partial charge in [0.15, 0.2) is 0 Å². The van der Waals surface area contributed by atoms with E-state index in [-0.39, 0.29) is 11.5 Å². The van der Waals surface area contributed by atoms with Crippen molar-refractivity contribution in [2.45, 2.75) is 26.7 Å². The molecule has 192 valence electrons. The lowest BCUT2D eigenvalue weighted by atomic mass is 9.92. The molecule has 2 aromatic carbocycles. The Morgan fingerprint density at radius 2 is 1.89 bits per heavy atom. The molecule has 6 nitrogen and oxygen atoms in total. The van der Waals surface area contributed by atoms with E-state index in [1.165, 1.54) is 17.5 Å². The largest absolute Gasteiger partial charge is 0.383 e. The molecule has 6 heteroatoms. The summed E-state index contributed by atoms with van der Waals surface area (Å²) in [6.07, 6.45) is 8.50. The lowest BCUT2D eigenvalue weighted by Gasteiger charge is -2.36. The maximum absolute atomic E-state index is 8.77. The van der Waals surface area contributed by atoms with Gasteiger partial charge in [0.05, 0.1) is 17.8 Å². The van der Waals surface area contributed by atoms with Crippen LogP contribution in [0.5, 0.6) is 0 Å². The van der Waals surface area contributed by atoms with Crippen LogP contribution >= 0.6 is 0 Å². The van der Waals surface area contributed by atoms with Crippen LogP contribution in [0, 0.1) is 12.3 Å². The number of hydrogen-bond donors (Lipinski definition) is 3. The zero-order valence-electron chi connectivity index (χ0n) is 22.3. The van der Waals surface area contributed by atoms with E-state index in [1.54, 1.807) is 18.2 Å². The van der Waals surface area contributed by atoms with Crippen molar-refractivity contribution in [1.29, 1.82) is 5.41 Å². The number of anilines is 3. The fourth-order valence-corrected chi connectivity index (χ4v) is 4.82. The Morgan fingerprint density at radius 1 is 1.13 bits per heavy atom. The van der Waals surface area contributed by atoms with Gasteiger partial charge in [-0.15, -0.1) is 0 Å². The monoisotopic (exact) mass is 502 g/mol. The quantitative estimate of drug-likeness (QED) is 0.214. The number of hydrogen-bond acceptors (Lipinski definition) is 6. The first-order chi connectivity index (χ1) is 18.3. The minimum Gasteiger partial charge on any atom is -0.383 e. The third-order valence-corrected chi connectivity index (χ3v) is 6.64. The van der Waals surface area contributed by atoms with E-state index in [0.717, 1.165) is 28.2 Å². The predicted molar refractivity (Wildman–Crippen MR) is 161 cm³/mol. The molecule has 4 rings (SSSR count). The Morgan fingerprint density at radius 3 is 2.61 bits per heavy atom. The predicted octanol–water partition coefficient (Wildman–Crippen LogP) is 7.10. The molecule has 4 N–H and O–H groups in total. The van der Waals surface area contributed by atoms with Crippen LogP contribution in [0.1, 0.15) is 47.6 Å². The number of fused-ring (bicyclic) bond motifs is 1. The van der Waals surface area contributed by atoms with Crippen molar-refractivity contribution in [2.75, 3.05) is 22.5 Å². The van der Waals surface area contributed by atoms with Crippen molar-refractivity contribution < 1.29 is 0 Å². The van der Waals surface area contributed by atoms with E-state index in [9.17, 15) is 0 Å². The van der Waals surface area contributed by atoms with Crippen LogP contribution in [0.3, 0.4) is 0 Å². The van der Waals surface area contributed by atoms with Crippen molar-refractivity contribution in [1.82, 2.24) is 9.97 Å². The van der Waals surface area contributed by atoms with Gasteiger partial charge in [-0.1, -0.05) is 88.2 Å². The van der Waals surface area contributed by atoms with Gasteiger partial charge in [0.2, 0.25) is 0 Å². The summed E-state index contributed by atoms with van der Waals surface area (Å²) in [7, 11) is 0. The number of nitrogens with two attached hydrogens (primary N) is 1. The van der Waals surface area contributed by atoms with Gasteiger partial charge in [-0.25, -0.2) is 9.97 Å². The molecule has 0 atom stereocenters. The maximum Gasteiger partial charge on any atom is 0.141 e. The Bertz CT molecular complexity index is 1490. The molecule has 1 aliphatic heterocycles. The topological polar surface area (TPSA) is 90.9 Å². The second-order valence-electron chi connectivity index (χ2n) is 9.44. The molecule has 0 spiro atoms. The van der Waals surface area contributed by atoms with Crippen LogP contribution in [-0.4, -0.2) is 22.2 Å². The Labute approximate surface area is 225 Å². The Hall–Kier alpha value is -4.71. The number of nitrogens with one attached hydrogen (secondary N) is 2. The van der Waals surface area contributed by atoms with Crippen LogP contribution in [0.15, 0.2) is 98.0 Å². The fourth-order valence-electron chi connectivity index (χ4n) is 4.82. The number of benzene rings is 2. The second-order valence-corrected chi connectivity index (χ2v) is 9.44. The van der Waals surface area contributed by atoms with Crippen molar-refractivity contribution in [3.63, 3.8) is 0 Å². The summed E-state index contributed by atoms with van der Waals surface area (Å²) in [5.41, 5.74) is 15.1. The summed E-state index contributed by atoms with van der Waals surface area (Å²) in [4.78, 5) is 10.8. The molecule has 2 heterocycles. The van der Waals surface area contributed by atoms with Gasteiger partial charge < -0.3 is 16.0 Å². The Kier molecular flexibility index (Phi) is 7.72. The number of rotatable bonds is 9. The number of nitrogen functional groups attached to an aromatic ring is 1. The minimum absolute atomic E-state index is 0.172. The summed E-state index contributed by atoms with van der Waals surface area (Å²) in [5, 5.41) is 12.2. The van der Waals surface area contributed by atoms with Gasteiger partial charge in [-0.3, -0.25) is 5.41 Å². The first-order valence-electron chi connectivity index (χ1n) is 12.6. The second kappa shape index (κ2) is 11.1. The molecule has 0 aliphatic carbocycles. The molecule has 1 aliphatic rings. The molecular formula is C32H34N6. The summed E-state index contributed by atoms with van der Waals surface area (Å²) in [6, 6.07) is 14.7. The first-order valence-corrected chi connectivity index (χ1v) is 12.6. The van der Waals surface area contributed by atoms with Gasteiger partial charge in [0.1, 0.15) is 18.0 Å². The van der Waals surface area contributed by atoms with Gasteiger partial charge in [0, 0.05) is 22.6 Å². The number of aromatic nitrogens is 2. The van der Waals surface area contributed by atoms with Crippen molar-refractivity contribution in [2.24, 2.45) is 0 Å². The van der Waals surface area contributed by atoms with Crippen LogP contribution in [0.4, 0.5) is 17.3 Å². The molecule has 0 saturated carbocycles. The van der Waals surface area contributed by atoms with E-state index in [1.807, 2.05) is 0 Å². The first kappa shape index (κ1) is 26.4. The average molecular weight is 503 g/mol. The smallest absolute Gasteiger partial charge is 0.141 e. The summed E-state index contributed by atoms with van der Waals surface area (Å²) in [5.74, 6) is 1.02. The molecular weight excluding hydrogens is 468 g/mol. The van der Waals surface area contributed by atoms with Crippen molar-refractivity contribution in [3.8, 4) is 0 Å². The lowest BCUT2D eigenvalue weighted by molar-refractivity contribution is 0.861. The molecule has 0 radical (unpaired) electrons. The molecule has 38 heavy (non-hydrogen) atoms. The van der Waals surface area contributed by atoms with E-state index < -0.39 is 0 Å². The highest BCUT2D eigenvalue weighted by atomic mass is 15.2. The van der Waals surface area contributed by atoms with Gasteiger partial charge in [-0.2, -0.15) is 0 Å².